The third kappa shape index (κ3) is 1.58. The molecule has 96 valence electrons. The second-order valence-electron chi connectivity index (χ2n) is 4.97. The number of hydrogen-bond donors (Lipinski definition) is 2. The van der Waals surface area contributed by atoms with E-state index in [9.17, 15) is 14.3 Å². The van der Waals surface area contributed by atoms with Gasteiger partial charge in [-0.15, -0.1) is 0 Å². The van der Waals surface area contributed by atoms with Crippen LogP contribution in [0.1, 0.15) is 31.4 Å². The molecule has 2 heterocycles. The number of nitrogens with one attached hydrogen (secondary N) is 1. The van der Waals surface area contributed by atoms with Crippen molar-refractivity contribution < 1.29 is 14.3 Å². The first-order valence-corrected chi connectivity index (χ1v) is 6.17. The number of amides is 1. The Labute approximate surface area is 104 Å². The van der Waals surface area contributed by atoms with Gasteiger partial charge in [0, 0.05) is 23.8 Å². The lowest BCUT2D eigenvalue weighted by Gasteiger charge is -2.24. The number of aliphatic hydroxyl groups excluding tert-OH is 1. The summed E-state index contributed by atoms with van der Waals surface area (Å²) in [6.07, 6.45) is 0.845. The van der Waals surface area contributed by atoms with Crippen LogP contribution < -0.4 is 10.2 Å². The summed E-state index contributed by atoms with van der Waals surface area (Å²) in [7, 11) is 0. The van der Waals surface area contributed by atoms with Crippen molar-refractivity contribution in [2.24, 2.45) is 0 Å². The maximum absolute atomic E-state index is 14.1. The summed E-state index contributed by atoms with van der Waals surface area (Å²) < 4.78 is 14.1. The summed E-state index contributed by atoms with van der Waals surface area (Å²) in [5, 5.41) is 12.2. The zero-order valence-electron chi connectivity index (χ0n) is 10.1. The van der Waals surface area contributed by atoms with Crippen molar-refractivity contribution in [3.05, 3.63) is 23.5 Å². The van der Waals surface area contributed by atoms with Gasteiger partial charge in [0.05, 0.1) is 5.69 Å². The predicted molar refractivity (Wildman–Crippen MR) is 66.0 cm³/mol. The average molecular weight is 250 g/mol. The van der Waals surface area contributed by atoms with Crippen LogP contribution >= 0.6 is 0 Å². The highest BCUT2D eigenvalue weighted by Crippen LogP contribution is 2.37. The lowest BCUT2D eigenvalue weighted by atomic mass is 10.1. The van der Waals surface area contributed by atoms with Crippen LogP contribution in [-0.2, 0) is 4.79 Å². The van der Waals surface area contributed by atoms with Crippen LogP contribution in [0.15, 0.2) is 12.1 Å². The molecule has 0 spiro atoms. The molecule has 2 unspecified atom stereocenters. The van der Waals surface area contributed by atoms with Gasteiger partial charge in [-0.2, -0.15) is 0 Å². The Kier molecular flexibility index (Phi) is 2.52. The molecule has 1 fully saturated rings. The first-order chi connectivity index (χ1) is 8.58. The van der Waals surface area contributed by atoms with Crippen LogP contribution in [0.25, 0.3) is 0 Å². The molecular formula is C13H15FN2O2. The fourth-order valence-corrected chi connectivity index (χ4v) is 2.77. The van der Waals surface area contributed by atoms with E-state index in [-0.39, 0.29) is 5.82 Å². The molecule has 0 aromatic heterocycles. The molecule has 2 atom stereocenters. The van der Waals surface area contributed by atoms with Crippen molar-refractivity contribution in [1.82, 2.24) is 0 Å². The van der Waals surface area contributed by atoms with Gasteiger partial charge in [0.1, 0.15) is 5.82 Å². The molecule has 2 aliphatic rings. The van der Waals surface area contributed by atoms with Gasteiger partial charge >= 0.3 is 0 Å². The fourth-order valence-electron chi connectivity index (χ4n) is 2.77. The summed E-state index contributed by atoms with van der Waals surface area (Å²) in [6, 6.07) is 3.19. The molecule has 1 aromatic rings. The van der Waals surface area contributed by atoms with E-state index in [0.29, 0.717) is 23.0 Å². The van der Waals surface area contributed by atoms with E-state index < -0.39 is 12.0 Å². The van der Waals surface area contributed by atoms with Gasteiger partial charge in [-0.1, -0.05) is 0 Å². The highest BCUT2D eigenvalue weighted by molar-refractivity contribution is 6.02. The summed E-state index contributed by atoms with van der Waals surface area (Å²) in [6.45, 7) is 2.89. The minimum Gasteiger partial charge on any atom is -0.378 e. The van der Waals surface area contributed by atoms with E-state index in [2.05, 4.69) is 12.2 Å². The lowest BCUT2D eigenvalue weighted by Crippen LogP contribution is -2.27. The van der Waals surface area contributed by atoms with E-state index in [4.69, 9.17) is 0 Å². The van der Waals surface area contributed by atoms with Crippen molar-refractivity contribution in [3.8, 4) is 0 Å². The second-order valence-corrected chi connectivity index (χ2v) is 4.97. The van der Waals surface area contributed by atoms with Crippen molar-refractivity contribution in [2.75, 3.05) is 16.8 Å². The lowest BCUT2D eigenvalue weighted by molar-refractivity contribution is -0.123. The normalized spacial score (nSPS) is 26.4. The molecule has 2 N–H and O–H groups in total. The van der Waals surface area contributed by atoms with Crippen molar-refractivity contribution in [3.63, 3.8) is 0 Å². The summed E-state index contributed by atoms with van der Waals surface area (Å²) in [4.78, 5) is 13.3. The zero-order chi connectivity index (χ0) is 12.9. The Morgan fingerprint density at radius 3 is 2.94 bits per heavy atom. The highest BCUT2D eigenvalue weighted by Gasteiger charge is 2.32. The van der Waals surface area contributed by atoms with Crippen LogP contribution in [0, 0.1) is 5.82 Å². The number of nitrogens with zero attached hydrogens (tertiary/aromatic N) is 1. The molecule has 1 aromatic carbocycles. The first kappa shape index (κ1) is 11.5. The molecule has 1 amide bonds. The van der Waals surface area contributed by atoms with Gasteiger partial charge < -0.3 is 15.3 Å². The van der Waals surface area contributed by atoms with Gasteiger partial charge in [0.25, 0.3) is 5.91 Å². The third-order valence-electron chi connectivity index (χ3n) is 3.78. The standard InChI is InChI=1S/C13H15FN2O2/c1-7-3-2-4-16(7)11-6-10-8(5-9(11)14)12(17)13(18)15-10/h5-7,12,17H,2-4H2,1H3,(H,15,18). The van der Waals surface area contributed by atoms with Gasteiger partial charge in [0.2, 0.25) is 0 Å². The number of fused-ring (bicyclic) bond motifs is 1. The number of anilines is 2. The number of aliphatic hydroxyl groups is 1. The maximum atomic E-state index is 14.1. The summed E-state index contributed by atoms with van der Waals surface area (Å²) in [5.74, 6) is -0.867. The second kappa shape index (κ2) is 3.95. The minimum atomic E-state index is -1.25. The van der Waals surface area contributed by atoms with Crippen molar-refractivity contribution in [2.45, 2.75) is 31.9 Å². The van der Waals surface area contributed by atoms with E-state index in [1.54, 1.807) is 6.07 Å². The Morgan fingerprint density at radius 2 is 2.28 bits per heavy atom. The van der Waals surface area contributed by atoms with Crippen LogP contribution in [0.2, 0.25) is 0 Å². The van der Waals surface area contributed by atoms with Crippen molar-refractivity contribution in [1.29, 1.82) is 0 Å². The molecule has 0 radical (unpaired) electrons. The first-order valence-electron chi connectivity index (χ1n) is 6.17. The maximum Gasteiger partial charge on any atom is 0.257 e. The van der Waals surface area contributed by atoms with Crippen LogP contribution in [-0.4, -0.2) is 23.6 Å². The molecular weight excluding hydrogens is 235 g/mol. The average Bonchev–Trinajstić information content (AvgIpc) is 2.86. The van der Waals surface area contributed by atoms with Gasteiger partial charge in [-0.05, 0) is 31.9 Å². The molecule has 0 bridgehead atoms. The summed E-state index contributed by atoms with van der Waals surface area (Å²) in [5.41, 5.74) is 1.35. The van der Waals surface area contributed by atoms with Crippen LogP contribution in [0.5, 0.6) is 0 Å². The van der Waals surface area contributed by atoms with Gasteiger partial charge in [0.15, 0.2) is 6.10 Å². The fraction of sp³-hybridized carbons (Fsp3) is 0.462. The predicted octanol–water partition coefficient (Wildman–Crippen LogP) is 1.80. The van der Waals surface area contributed by atoms with E-state index in [0.717, 1.165) is 19.4 Å². The zero-order valence-corrected chi connectivity index (χ0v) is 10.1. The molecule has 3 rings (SSSR count). The minimum absolute atomic E-state index is 0.305. The molecule has 0 saturated carbocycles. The number of halogens is 1. The van der Waals surface area contributed by atoms with Gasteiger partial charge in [-0.3, -0.25) is 4.79 Å². The van der Waals surface area contributed by atoms with E-state index in [1.165, 1.54) is 6.07 Å². The monoisotopic (exact) mass is 250 g/mol. The molecule has 1 saturated heterocycles. The Hall–Kier alpha value is -1.62. The number of rotatable bonds is 1. The molecule has 4 nitrogen and oxygen atoms in total. The molecule has 5 heteroatoms. The molecule has 2 aliphatic heterocycles. The topological polar surface area (TPSA) is 52.6 Å². The number of carbonyl (C=O) groups excluding carboxylic acids is 1. The Bertz CT molecular complexity index is 518. The molecule has 0 aliphatic carbocycles. The number of carbonyl (C=O) groups is 1. The van der Waals surface area contributed by atoms with Crippen molar-refractivity contribution >= 4 is 17.3 Å². The van der Waals surface area contributed by atoms with Gasteiger partial charge in [-0.25, -0.2) is 4.39 Å². The number of hydrogen-bond acceptors (Lipinski definition) is 3. The smallest absolute Gasteiger partial charge is 0.257 e. The Balaban J connectivity index is 2.03. The van der Waals surface area contributed by atoms with Crippen LogP contribution in [0.4, 0.5) is 15.8 Å². The quantitative estimate of drug-likeness (QED) is 0.799. The Morgan fingerprint density at radius 1 is 1.50 bits per heavy atom. The SMILES string of the molecule is CC1CCCN1c1cc2c(cc1F)C(O)C(=O)N2. The third-order valence-corrected chi connectivity index (χ3v) is 3.78. The molecule has 18 heavy (non-hydrogen) atoms. The highest BCUT2D eigenvalue weighted by atomic mass is 19.1. The number of benzene rings is 1. The largest absolute Gasteiger partial charge is 0.378 e. The van der Waals surface area contributed by atoms with Crippen LogP contribution in [0.3, 0.4) is 0 Å². The van der Waals surface area contributed by atoms with E-state index in [1.807, 2.05) is 4.90 Å². The van der Waals surface area contributed by atoms with E-state index >= 15 is 0 Å². The summed E-state index contributed by atoms with van der Waals surface area (Å²) >= 11 is 0.